The van der Waals surface area contributed by atoms with E-state index in [1.807, 2.05) is 0 Å². The molecule has 1 heterocycles. The number of amides is 1. The van der Waals surface area contributed by atoms with E-state index in [1.54, 1.807) is 49.2 Å². The lowest BCUT2D eigenvalue weighted by Crippen LogP contribution is -2.51. The van der Waals surface area contributed by atoms with Crippen molar-refractivity contribution in [1.29, 1.82) is 0 Å². The quantitative estimate of drug-likeness (QED) is 0.749. The lowest BCUT2D eigenvalue weighted by atomic mass is 10.1. The van der Waals surface area contributed by atoms with Gasteiger partial charge in [-0.05, 0) is 26.1 Å². The first-order valence-corrected chi connectivity index (χ1v) is 7.81. The molecule has 0 aromatic heterocycles. The van der Waals surface area contributed by atoms with Crippen LogP contribution in [0.2, 0.25) is 0 Å². The van der Waals surface area contributed by atoms with Gasteiger partial charge in [-0.2, -0.15) is 0 Å². The number of hydrogen-bond acceptors (Lipinski definition) is 6. The number of esters is 2. The first kappa shape index (κ1) is 17.9. The Kier molecular flexibility index (Phi) is 5.92. The molecule has 0 spiro atoms. The third kappa shape index (κ3) is 4.11. The van der Waals surface area contributed by atoms with E-state index >= 15 is 0 Å². The number of rotatable bonds is 4. The van der Waals surface area contributed by atoms with E-state index in [0.717, 1.165) is 0 Å². The Bertz CT molecular complexity index is 604. The molecule has 1 aromatic carbocycles. The molecule has 0 saturated carbocycles. The fraction of sp³-hybridized carbons (Fsp3) is 0.471. The van der Waals surface area contributed by atoms with Gasteiger partial charge in [0.05, 0.1) is 18.7 Å². The zero-order valence-electron chi connectivity index (χ0n) is 14.1. The van der Waals surface area contributed by atoms with Crippen LogP contribution in [0.15, 0.2) is 30.3 Å². The van der Waals surface area contributed by atoms with E-state index in [4.69, 9.17) is 9.47 Å². The minimum absolute atomic E-state index is 0.145. The molecule has 24 heavy (non-hydrogen) atoms. The highest BCUT2D eigenvalue weighted by atomic mass is 16.6. The lowest BCUT2D eigenvalue weighted by Gasteiger charge is -2.29. The molecule has 0 unspecified atom stereocenters. The zero-order chi connectivity index (χ0) is 17.7. The number of carbonyl (C=O) groups is 3. The van der Waals surface area contributed by atoms with Crippen LogP contribution in [0.5, 0.6) is 0 Å². The van der Waals surface area contributed by atoms with Gasteiger partial charge in [0.15, 0.2) is 6.04 Å². The Morgan fingerprint density at radius 3 is 2.50 bits per heavy atom. The number of benzene rings is 1. The van der Waals surface area contributed by atoms with E-state index in [2.05, 4.69) is 0 Å². The van der Waals surface area contributed by atoms with Gasteiger partial charge in [-0.3, -0.25) is 9.69 Å². The van der Waals surface area contributed by atoms with Crippen LogP contribution in [0.3, 0.4) is 0 Å². The number of carbonyl (C=O) groups excluding carboxylic acids is 3. The van der Waals surface area contributed by atoms with Crippen molar-refractivity contribution in [2.45, 2.75) is 19.1 Å². The van der Waals surface area contributed by atoms with Gasteiger partial charge in [0, 0.05) is 13.6 Å². The summed E-state index contributed by atoms with van der Waals surface area (Å²) in [6, 6.07) is 7.57. The summed E-state index contributed by atoms with van der Waals surface area (Å²) < 4.78 is 10.6. The van der Waals surface area contributed by atoms with Gasteiger partial charge in [0.2, 0.25) is 5.91 Å². The van der Waals surface area contributed by atoms with Crippen molar-refractivity contribution >= 4 is 17.8 Å². The van der Waals surface area contributed by atoms with Gasteiger partial charge < -0.3 is 14.4 Å². The first-order valence-electron chi connectivity index (χ1n) is 7.81. The molecule has 1 aromatic rings. The SMILES string of the molecule is CCOC(=O)[C@H]1[C@H](OC(=O)c2ccccc2)CN(C)CC(=O)N1C. The van der Waals surface area contributed by atoms with Crippen molar-refractivity contribution in [2.75, 3.05) is 33.8 Å². The van der Waals surface area contributed by atoms with Crippen LogP contribution < -0.4 is 0 Å². The molecule has 1 saturated heterocycles. The summed E-state index contributed by atoms with van der Waals surface area (Å²) in [5, 5.41) is 0. The Morgan fingerprint density at radius 2 is 1.88 bits per heavy atom. The third-order valence-electron chi connectivity index (χ3n) is 3.86. The predicted molar refractivity (Wildman–Crippen MR) is 86.3 cm³/mol. The molecule has 2 rings (SSSR count). The topological polar surface area (TPSA) is 76.1 Å². The molecular formula is C17H22N2O5. The predicted octanol–water partition coefficient (Wildman–Crippen LogP) is 0.548. The molecule has 0 aliphatic carbocycles. The molecular weight excluding hydrogens is 312 g/mol. The second-order valence-electron chi connectivity index (χ2n) is 5.71. The number of ether oxygens (including phenoxy) is 2. The third-order valence-corrected chi connectivity index (χ3v) is 3.86. The van der Waals surface area contributed by atoms with Crippen molar-refractivity contribution in [3.05, 3.63) is 35.9 Å². The van der Waals surface area contributed by atoms with Crippen LogP contribution in [0.25, 0.3) is 0 Å². The van der Waals surface area contributed by atoms with Crippen LogP contribution in [-0.2, 0) is 19.1 Å². The average Bonchev–Trinajstić information content (AvgIpc) is 2.65. The van der Waals surface area contributed by atoms with E-state index in [-0.39, 0.29) is 25.6 Å². The zero-order valence-corrected chi connectivity index (χ0v) is 14.1. The highest BCUT2D eigenvalue weighted by molar-refractivity contribution is 5.91. The fourth-order valence-electron chi connectivity index (χ4n) is 2.64. The van der Waals surface area contributed by atoms with Crippen molar-refractivity contribution in [1.82, 2.24) is 9.80 Å². The summed E-state index contributed by atoms with van der Waals surface area (Å²) in [6.07, 6.45) is -0.807. The molecule has 7 heteroatoms. The van der Waals surface area contributed by atoms with E-state index in [0.29, 0.717) is 5.56 Å². The molecule has 130 valence electrons. The Balaban J connectivity index is 2.25. The van der Waals surface area contributed by atoms with Gasteiger partial charge in [0.1, 0.15) is 6.10 Å². The first-order chi connectivity index (χ1) is 11.4. The van der Waals surface area contributed by atoms with Crippen molar-refractivity contribution in [3.63, 3.8) is 0 Å². The van der Waals surface area contributed by atoms with E-state index in [1.165, 1.54) is 11.9 Å². The molecule has 1 aliphatic rings. The number of hydrogen-bond donors (Lipinski definition) is 0. The molecule has 0 bridgehead atoms. The highest BCUT2D eigenvalue weighted by Gasteiger charge is 2.41. The summed E-state index contributed by atoms with van der Waals surface area (Å²) in [4.78, 5) is 39.9. The normalized spacial score (nSPS) is 22.0. The van der Waals surface area contributed by atoms with Crippen LogP contribution in [-0.4, -0.2) is 73.6 Å². The summed E-state index contributed by atoms with van der Waals surface area (Å²) in [5.41, 5.74) is 0.390. The second-order valence-corrected chi connectivity index (χ2v) is 5.71. The molecule has 2 atom stereocenters. The van der Waals surface area contributed by atoms with Crippen molar-refractivity contribution < 1.29 is 23.9 Å². The maximum absolute atomic E-state index is 12.3. The minimum Gasteiger partial charge on any atom is -0.464 e. The number of nitrogens with zero attached hydrogens (tertiary/aromatic N) is 2. The standard InChI is InChI=1S/C17H22N2O5/c1-4-23-17(22)15-13(10-18(2)11-14(20)19(15)3)24-16(21)12-8-6-5-7-9-12/h5-9,13,15H,4,10-11H2,1-3H3/t13-,15-/m1/s1. The van der Waals surface area contributed by atoms with E-state index in [9.17, 15) is 14.4 Å². The molecule has 1 fully saturated rings. The minimum atomic E-state index is -0.963. The number of likely N-dealkylation sites (N-methyl/N-ethyl adjacent to an activating group) is 2. The Hall–Kier alpha value is -2.41. The molecule has 0 radical (unpaired) electrons. The monoisotopic (exact) mass is 334 g/mol. The van der Waals surface area contributed by atoms with E-state index < -0.39 is 24.1 Å². The summed E-state index contributed by atoms with van der Waals surface area (Å²) >= 11 is 0. The second kappa shape index (κ2) is 7.92. The summed E-state index contributed by atoms with van der Waals surface area (Å²) in [6.45, 7) is 2.28. The lowest BCUT2D eigenvalue weighted by molar-refractivity contribution is -0.157. The van der Waals surface area contributed by atoms with Gasteiger partial charge in [-0.25, -0.2) is 9.59 Å². The molecule has 1 aliphatic heterocycles. The average molecular weight is 334 g/mol. The smallest absolute Gasteiger partial charge is 0.338 e. The van der Waals surface area contributed by atoms with Gasteiger partial charge >= 0.3 is 11.9 Å². The van der Waals surface area contributed by atoms with Crippen LogP contribution in [0.4, 0.5) is 0 Å². The van der Waals surface area contributed by atoms with Crippen molar-refractivity contribution in [2.24, 2.45) is 0 Å². The van der Waals surface area contributed by atoms with Crippen LogP contribution >= 0.6 is 0 Å². The maximum Gasteiger partial charge on any atom is 0.338 e. The van der Waals surface area contributed by atoms with Gasteiger partial charge in [0.25, 0.3) is 0 Å². The largest absolute Gasteiger partial charge is 0.464 e. The van der Waals surface area contributed by atoms with Crippen LogP contribution in [0, 0.1) is 0 Å². The summed E-state index contributed by atoms with van der Waals surface area (Å²) in [5.74, 6) is -1.34. The van der Waals surface area contributed by atoms with Crippen molar-refractivity contribution in [3.8, 4) is 0 Å². The molecule has 0 N–H and O–H groups in total. The Morgan fingerprint density at radius 1 is 1.21 bits per heavy atom. The maximum atomic E-state index is 12.3. The van der Waals surface area contributed by atoms with Crippen LogP contribution in [0.1, 0.15) is 17.3 Å². The molecule has 7 nitrogen and oxygen atoms in total. The Labute approximate surface area is 141 Å². The highest BCUT2D eigenvalue weighted by Crippen LogP contribution is 2.17. The molecule has 1 amide bonds. The van der Waals surface area contributed by atoms with Gasteiger partial charge in [-0.15, -0.1) is 0 Å². The van der Waals surface area contributed by atoms with Gasteiger partial charge in [-0.1, -0.05) is 18.2 Å². The summed E-state index contributed by atoms with van der Waals surface area (Å²) in [7, 11) is 3.26. The fourth-order valence-corrected chi connectivity index (χ4v) is 2.64.